The first-order valence-corrected chi connectivity index (χ1v) is 11.1. The molecule has 0 bridgehead atoms. The van der Waals surface area contributed by atoms with Gasteiger partial charge in [-0.15, -0.1) is 0 Å². The Balaban J connectivity index is 1.97. The summed E-state index contributed by atoms with van der Waals surface area (Å²) in [6.45, 7) is 2.10. The zero-order valence-corrected chi connectivity index (χ0v) is 18.6. The number of carbonyl (C=O) groups excluding carboxylic acids is 1. The molecule has 0 heterocycles. The first-order valence-electron chi connectivity index (χ1n) is 9.69. The van der Waals surface area contributed by atoms with Gasteiger partial charge in [0.2, 0.25) is 10.0 Å². The molecule has 0 unspecified atom stereocenters. The van der Waals surface area contributed by atoms with E-state index < -0.39 is 10.0 Å². The van der Waals surface area contributed by atoms with Crippen LogP contribution in [0.15, 0.2) is 71.6 Å². The minimum Gasteiger partial charge on any atom is -0.497 e. The van der Waals surface area contributed by atoms with Crippen molar-refractivity contribution in [1.29, 1.82) is 0 Å². The summed E-state index contributed by atoms with van der Waals surface area (Å²) in [7, 11) is -0.653. The summed E-state index contributed by atoms with van der Waals surface area (Å²) in [6, 6.07) is 19.1. The Morgan fingerprint density at radius 2 is 1.29 bits per heavy atom. The van der Waals surface area contributed by atoms with Crippen molar-refractivity contribution >= 4 is 16.3 Å². The van der Waals surface area contributed by atoms with Crippen LogP contribution in [0.25, 0.3) is 0 Å². The minimum absolute atomic E-state index is 0.151. The van der Waals surface area contributed by atoms with E-state index in [0.717, 1.165) is 17.4 Å². The fourth-order valence-electron chi connectivity index (χ4n) is 3.18. The molecule has 6 nitrogen and oxygen atoms in total. The van der Waals surface area contributed by atoms with Crippen LogP contribution < -0.4 is 9.47 Å². The highest BCUT2D eigenvalue weighted by Gasteiger charge is 2.25. The predicted molar refractivity (Wildman–Crippen MR) is 119 cm³/mol. The summed E-state index contributed by atoms with van der Waals surface area (Å²) in [6.07, 6.45) is 0.720. The molecule has 0 aliphatic rings. The molecule has 0 spiro atoms. The molecule has 31 heavy (non-hydrogen) atoms. The second-order valence-corrected chi connectivity index (χ2v) is 9.04. The number of aryl methyl sites for hydroxylation is 1. The van der Waals surface area contributed by atoms with E-state index in [1.807, 2.05) is 24.3 Å². The molecule has 0 saturated heterocycles. The maximum atomic E-state index is 13.5. The van der Waals surface area contributed by atoms with Crippen LogP contribution in [0, 0.1) is 6.92 Å². The van der Waals surface area contributed by atoms with Crippen LogP contribution in [0.2, 0.25) is 0 Å². The quantitative estimate of drug-likeness (QED) is 0.467. The number of ether oxygens (including phenoxy) is 2. The molecule has 3 aromatic carbocycles. The largest absolute Gasteiger partial charge is 0.497 e. The number of nitrogens with zero attached hydrogens (tertiary/aromatic N) is 1. The van der Waals surface area contributed by atoms with Gasteiger partial charge in [0.25, 0.3) is 0 Å². The van der Waals surface area contributed by atoms with E-state index in [2.05, 4.69) is 0 Å². The zero-order valence-electron chi connectivity index (χ0n) is 17.7. The first-order chi connectivity index (χ1) is 14.9. The topological polar surface area (TPSA) is 72.9 Å². The molecule has 0 aromatic heterocycles. The Hall–Kier alpha value is -3.16. The second kappa shape index (κ2) is 9.76. The third kappa shape index (κ3) is 5.31. The van der Waals surface area contributed by atoms with Crippen LogP contribution in [-0.2, 0) is 23.1 Å². The molecular formula is C24H25NO5S. The Kier molecular flexibility index (Phi) is 7.09. The lowest BCUT2D eigenvalue weighted by molar-refractivity contribution is 0.112. The molecular weight excluding hydrogens is 414 g/mol. The maximum Gasteiger partial charge on any atom is 0.243 e. The molecule has 0 aliphatic carbocycles. The fourth-order valence-corrected chi connectivity index (χ4v) is 4.69. The van der Waals surface area contributed by atoms with Crippen molar-refractivity contribution in [2.75, 3.05) is 14.2 Å². The molecule has 0 N–H and O–H groups in total. The molecule has 3 aromatic rings. The van der Waals surface area contributed by atoms with Gasteiger partial charge in [-0.05, 0) is 60.0 Å². The third-order valence-electron chi connectivity index (χ3n) is 5.04. The Labute approximate surface area is 183 Å². The number of aldehydes is 1. The van der Waals surface area contributed by atoms with Gasteiger partial charge in [-0.3, -0.25) is 4.79 Å². The smallest absolute Gasteiger partial charge is 0.243 e. The molecule has 3 rings (SSSR count). The number of hydrogen-bond acceptors (Lipinski definition) is 5. The Morgan fingerprint density at radius 3 is 1.68 bits per heavy atom. The van der Waals surface area contributed by atoms with Gasteiger partial charge in [0.05, 0.1) is 19.1 Å². The number of rotatable bonds is 9. The van der Waals surface area contributed by atoms with Crippen molar-refractivity contribution in [2.24, 2.45) is 0 Å². The van der Waals surface area contributed by atoms with E-state index >= 15 is 0 Å². The lowest BCUT2D eigenvalue weighted by Crippen LogP contribution is -2.30. The number of carbonyl (C=O) groups is 1. The van der Waals surface area contributed by atoms with Gasteiger partial charge < -0.3 is 9.47 Å². The van der Waals surface area contributed by atoms with Gasteiger partial charge in [0.1, 0.15) is 17.8 Å². The zero-order chi connectivity index (χ0) is 22.4. The lowest BCUT2D eigenvalue weighted by Gasteiger charge is -2.23. The van der Waals surface area contributed by atoms with Crippen LogP contribution in [-0.4, -0.2) is 33.2 Å². The molecule has 0 aliphatic heterocycles. The van der Waals surface area contributed by atoms with Crippen molar-refractivity contribution in [2.45, 2.75) is 24.9 Å². The van der Waals surface area contributed by atoms with E-state index in [1.165, 1.54) is 22.5 Å². The van der Waals surface area contributed by atoms with E-state index in [9.17, 15) is 13.2 Å². The van der Waals surface area contributed by atoms with Crippen molar-refractivity contribution < 1.29 is 22.7 Å². The molecule has 7 heteroatoms. The fraction of sp³-hybridized carbons (Fsp3) is 0.208. The number of methoxy groups -OCH3 is 2. The van der Waals surface area contributed by atoms with Crippen molar-refractivity contribution in [1.82, 2.24) is 4.31 Å². The van der Waals surface area contributed by atoms with Gasteiger partial charge in [0.15, 0.2) is 0 Å². The minimum atomic E-state index is -3.82. The highest BCUT2D eigenvalue weighted by Crippen LogP contribution is 2.24. The van der Waals surface area contributed by atoms with E-state index in [0.29, 0.717) is 22.6 Å². The lowest BCUT2D eigenvalue weighted by atomic mass is 10.1. The number of benzene rings is 3. The van der Waals surface area contributed by atoms with Crippen LogP contribution >= 0.6 is 0 Å². The molecule has 0 atom stereocenters. The summed E-state index contributed by atoms with van der Waals surface area (Å²) in [4.78, 5) is 11.3. The van der Waals surface area contributed by atoms with Crippen LogP contribution in [0.5, 0.6) is 11.5 Å². The Bertz CT molecular complexity index is 1090. The average molecular weight is 440 g/mol. The number of sulfonamides is 1. The number of hydrogen-bond donors (Lipinski definition) is 0. The molecule has 0 saturated carbocycles. The van der Waals surface area contributed by atoms with Gasteiger partial charge in [-0.1, -0.05) is 30.3 Å². The van der Waals surface area contributed by atoms with Crippen molar-refractivity contribution in [3.05, 3.63) is 89.0 Å². The van der Waals surface area contributed by atoms with Gasteiger partial charge >= 0.3 is 0 Å². The average Bonchev–Trinajstić information content (AvgIpc) is 2.79. The Morgan fingerprint density at radius 1 is 0.806 bits per heavy atom. The maximum absolute atomic E-state index is 13.5. The van der Waals surface area contributed by atoms with E-state index in [1.54, 1.807) is 45.4 Å². The highest BCUT2D eigenvalue weighted by atomic mass is 32.2. The predicted octanol–water partition coefficient (Wildman–Crippen LogP) is 4.22. The molecule has 0 radical (unpaired) electrons. The third-order valence-corrected chi connectivity index (χ3v) is 6.83. The summed E-state index contributed by atoms with van der Waals surface area (Å²) in [5.74, 6) is 1.40. The van der Waals surface area contributed by atoms with Crippen molar-refractivity contribution in [3.8, 4) is 11.5 Å². The molecule has 0 fully saturated rings. The first kappa shape index (κ1) is 22.5. The monoisotopic (exact) mass is 439 g/mol. The van der Waals surface area contributed by atoms with Crippen LogP contribution in [0.4, 0.5) is 0 Å². The molecule has 0 amide bonds. The van der Waals surface area contributed by atoms with Crippen LogP contribution in [0.1, 0.15) is 27.0 Å². The van der Waals surface area contributed by atoms with Gasteiger partial charge in [-0.2, -0.15) is 4.31 Å². The highest BCUT2D eigenvalue weighted by molar-refractivity contribution is 7.89. The van der Waals surface area contributed by atoms with Gasteiger partial charge in [-0.25, -0.2) is 8.42 Å². The van der Waals surface area contributed by atoms with E-state index in [-0.39, 0.29) is 18.0 Å². The standard InChI is InChI=1S/C24H25NO5S/c1-18-14-24(13-8-21(18)17-26)31(27,28)25(15-19-4-9-22(29-2)10-5-19)16-20-6-11-23(30-3)12-7-20/h4-14,17H,15-16H2,1-3H3. The normalized spacial score (nSPS) is 11.4. The molecule has 162 valence electrons. The van der Waals surface area contributed by atoms with Gasteiger partial charge in [0, 0.05) is 18.7 Å². The summed E-state index contributed by atoms with van der Waals surface area (Å²) < 4.78 is 38.9. The summed E-state index contributed by atoms with van der Waals surface area (Å²) >= 11 is 0. The van der Waals surface area contributed by atoms with Crippen LogP contribution in [0.3, 0.4) is 0 Å². The SMILES string of the molecule is COc1ccc(CN(Cc2ccc(OC)cc2)S(=O)(=O)c2ccc(C=O)c(C)c2)cc1. The second-order valence-electron chi connectivity index (χ2n) is 7.11. The van der Waals surface area contributed by atoms with E-state index in [4.69, 9.17) is 9.47 Å². The van der Waals surface area contributed by atoms with Crippen molar-refractivity contribution in [3.63, 3.8) is 0 Å². The summed E-state index contributed by atoms with van der Waals surface area (Å²) in [5, 5.41) is 0. The summed E-state index contributed by atoms with van der Waals surface area (Å²) in [5.41, 5.74) is 2.75.